The van der Waals surface area contributed by atoms with Gasteiger partial charge in [0.2, 0.25) is 5.91 Å². The molecule has 2 aliphatic heterocycles. The first-order valence-electron chi connectivity index (χ1n) is 14.0. The van der Waals surface area contributed by atoms with E-state index in [-0.39, 0.29) is 42.7 Å². The van der Waals surface area contributed by atoms with E-state index in [0.717, 1.165) is 17.1 Å². The fraction of sp³-hybridized carbons (Fsp3) is 0.517. The van der Waals surface area contributed by atoms with Crippen molar-refractivity contribution in [1.82, 2.24) is 29.7 Å². The van der Waals surface area contributed by atoms with Crippen LogP contribution in [0.15, 0.2) is 35.3 Å². The Morgan fingerprint density at radius 3 is 2.61 bits per heavy atom. The molecule has 5 rings (SSSR count). The van der Waals surface area contributed by atoms with E-state index in [1.165, 1.54) is 17.0 Å². The lowest BCUT2D eigenvalue weighted by Crippen LogP contribution is -2.54. The number of aryl methyl sites for hydroxylation is 1. The molecule has 0 unspecified atom stereocenters. The van der Waals surface area contributed by atoms with Gasteiger partial charge in [-0.25, -0.2) is 23.4 Å². The Labute approximate surface area is 236 Å². The zero-order valence-electron chi connectivity index (χ0n) is 23.5. The van der Waals surface area contributed by atoms with Crippen molar-refractivity contribution in [2.45, 2.75) is 70.1 Å². The van der Waals surface area contributed by atoms with Crippen LogP contribution in [0.2, 0.25) is 0 Å². The van der Waals surface area contributed by atoms with Crippen LogP contribution in [0, 0.1) is 18.6 Å². The number of pyridine rings is 1. The molecule has 3 amide bonds. The van der Waals surface area contributed by atoms with Crippen LogP contribution in [0.25, 0.3) is 11.2 Å². The minimum Gasteiger partial charge on any atom is -0.389 e. The number of carbonyl (C=O) groups excluding carboxylic acids is 2. The van der Waals surface area contributed by atoms with Crippen molar-refractivity contribution in [2.24, 2.45) is 0 Å². The number of rotatable bonds is 5. The molecular formula is C29H36F2N6O4. The first-order chi connectivity index (χ1) is 19.4. The number of aromatic nitrogens is 3. The van der Waals surface area contributed by atoms with Crippen LogP contribution in [0.5, 0.6) is 0 Å². The summed E-state index contributed by atoms with van der Waals surface area (Å²) in [6.45, 7) is 5.89. The molecule has 12 heteroatoms. The summed E-state index contributed by atoms with van der Waals surface area (Å²) in [5.74, 6) is -2.77. The zero-order valence-corrected chi connectivity index (χ0v) is 23.5. The number of nitrogens with one attached hydrogen (secondary N) is 2. The molecule has 3 N–H and O–H groups in total. The number of carbonyl (C=O) groups is 2. The number of hydrogen-bond acceptors (Lipinski definition) is 5. The average molecular weight is 571 g/mol. The van der Waals surface area contributed by atoms with E-state index in [4.69, 9.17) is 0 Å². The third kappa shape index (κ3) is 6.12. The van der Waals surface area contributed by atoms with E-state index >= 15 is 0 Å². The highest BCUT2D eigenvalue weighted by Gasteiger charge is 2.37. The van der Waals surface area contributed by atoms with Crippen LogP contribution in [0.1, 0.15) is 62.6 Å². The molecule has 0 aliphatic carbocycles. The summed E-state index contributed by atoms with van der Waals surface area (Å²) in [5, 5.41) is 13.3. The maximum Gasteiger partial charge on any atom is 0.327 e. The molecule has 0 radical (unpaired) electrons. The average Bonchev–Trinajstić information content (AvgIpc) is 3.17. The van der Waals surface area contributed by atoms with E-state index in [1.54, 1.807) is 29.5 Å². The lowest BCUT2D eigenvalue weighted by Gasteiger charge is -2.34. The highest BCUT2D eigenvalue weighted by molar-refractivity contribution is 5.87. The van der Waals surface area contributed by atoms with E-state index in [9.17, 15) is 28.3 Å². The normalized spacial score (nSPS) is 20.9. The molecule has 2 saturated heterocycles. The van der Waals surface area contributed by atoms with Crippen molar-refractivity contribution in [2.75, 3.05) is 26.2 Å². The molecule has 2 atom stereocenters. The number of likely N-dealkylation sites (tertiary alicyclic amines) is 2. The van der Waals surface area contributed by atoms with Gasteiger partial charge in [-0.2, -0.15) is 0 Å². The van der Waals surface area contributed by atoms with Gasteiger partial charge in [0.1, 0.15) is 6.04 Å². The van der Waals surface area contributed by atoms with Gasteiger partial charge in [0.15, 0.2) is 17.3 Å². The maximum atomic E-state index is 14.7. The Morgan fingerprint density at radius 2 is 1.90 bits per heavy atom. The van der Waals surface area contributed by atoms with E-state index < -0.39 is 35.2 Å². The monoisotopic (exact) mass is 570 g/mol. The minimum absolute atomic E-state index is 0.0231. The number of piperidine rings is 1. The maximum absolute atomic E-state index is 14.7. The van der Waals surface area contributed by atoms with Gasteiger partial charge in [0.05, 0.1) is 11.1 Å². The van der Waals surface area contributed by atoms with Gasteiger partial charge >= 0.3 is 11.7 Å². The first-order valence-corrected chi connectivity index (χ1v) is 14.0. The zero-order chi connectivity index (χ0) is 29.5. The summed E-state index contributed by atoms with van der Waals surface area (Å²) < 4.78 is 30.4. The largest absolute Gasteiger partial charge is 0.389 e. The summed E-state index contributed by atoms with van der Waals surface area (Å²) in [6, 6.07) is 4.53. The van der Waals surface area contributed by atoms with E-state index in [2.05, 4.69) is 15.3 Å². The van der Waals surface area contributed by atoms with Gasteiger partial charge in [-0.3, -0.25) is 14.3 Å². The third-order valence-corrected chi connectivity index (χ3v) is 7.98. The number of aromatic amines is 1. The molecule has 220 valence electrons. The summed E-state index contributed by atoms with van der Waals surface area (Å²) >= 11 is 0. The second kappa shape index (κ2) is 11.2. The molecule has 0 saturated carbocycles. The molecule has 0 spiro atoms. The molecule has 41 heavy (non-hydrogen) atoms. The number of benzene rings is 1. The van der Waals surface area contributed by atoms with Crippen molar-refractivity contribution in [1.29, 1.82) is 0 Å². The first kappa shape index (κ1) is 28.7. The Hall–Kier alpha value is -3.80. The van der Waals surface area contributed by atoms with E-state index in [0.29, 0.717) is 38.0 Å². The number of hydrogen-bond donors (Lipinski definition) is 3. The van der Waals surface area contributed by atoms with E-state index in [1.807, 2.05) is 13.0 Å². The summed E-state index contributed by atoms with van der Waals surface area (Å²) in [5.41, 5.74) is 0.913. The van der Waals surface area contributed by atoms with Gasteiger partial charge in [0, 0.05) is 44.3 Å². The van der Waals surface area contributed by atoms with Crippen molar-refractivity contribution in [3.63, 3.8) is 0 Å². The minimum atomic E-state index is -1.23. The Bertz CT molecular complexity index is 1510. The van der Waals surface area contributed by atoms with Crippen LogP contribution in [0.4, 0.5) is 13.6 Å². The van der Waals surface area contributed by atoms with Gasteiger partial charge in [0.25, 0.3) is 0 Å². The Kier molecular flexibility index (Phi) is 7.87. The Balaban J connectivity index is 1.28. The van der Waals surface area contributed by atoms with Gasteiger partial charge in [-0.05, 0) is 69.7 Å². The predicted octanol–water partition coefficient (Wildman–Crippen LogP) is 3.20. The molecule has 10 nitrogen and oxygen atoms in total. The van der Waals surface area contributed by atoms with Crippen LogP contribution in [0.3, 0.4) is 0 Å². The second-order valence-electron chi connectivity index (χ2n) is 11.8. The lowest BCUT2D eigenvalue weighted by atomic mass is 9.93. The molecule has 1 aromatic carbocycles. The van der Waals surface area contributed by atoms with Gasteiger partial charge in [-0.1, -0.05) is 12.1 Å². The van der Waals surface area contributed by atoms with Crippen molar-refractivity contribution in [3.8, 4) is 0 Å². The standard InChI is InChI=1S/C29H36F2N6O4/c1-17-13-23-25(32-14-17)34-28(40)37(23)19-9-11-35(12-10-19)27(39)33-22-8-7-18(20-5-4-6-21(30)24(20)31)15-36(26(22)38)16-29(2,3)41/h4-6,13-14,18-19,22,41H,7-12,15-16H2,1-3H3,(H,33,39)(H,32,34,40)/t18-,22-/m1/s1. The number of halogens is 2. The number of nitrogens with zero attached hydrogens (tertiary/aromatic N) is 4. The van der Waals surface area contributed by atoms with Crippen LogP contribution in [-0.2, 0) is 4.79 Å². The number of β-amino-alcohol motifs (C(OH)–C–C–N with tert-alkyl or cyclic N) is 1. The highest BCUT2D eigenvalue weighted by Crippen LogP contribution is 2.31. The van der Waals surface area contributed by atoms with Gasteiger partial charge < -0.3 is 20.2 Å². The number of amides is 3. The molecule has 0 bridgehead atoms. The number of fused-ring (bicyclic) bond motifs is 1. The van der Waals surface area contributed by atoms with Crippen molar-refractivity contribution >= 4 is 23.1 Å². The summed E-state index contributed by atoms with van der Waals surface area (Å²) in [4.78, 5) is 49.6. The topological polar surface area (TPSA) is 124 Å². The van der Waals surface area contributed by atoms with Crippen molar-refractivity contribution < 1.29 is 23.5 Å². The molecular weight excluding hydrogens is 534 g/mol. The lowest BCUT2D eigenvalue weighted by molar-refractivity contribution is -0.135. The quantitative estimate of drug-likeness (QED) is 0.435. The van der Waals surface area contributed by atoms with Gasteiger partial charge in [-0.15, -0.1) is 0 Å². The van der Waals surface area contributed by atoms with Crippen LogP contribution >= 0.6 is 0 Å². The number of aliphatic hydroxyl groups is 1. The number of imidazole rings is 1. The SMILES string of the molecule is Cc1cnc2[nH]c(=O)n(C3CCN(C(=O)N[C@@H]4CC[C@@H](c5cccc(F)c5F)CN(CC(C)(C)O)C4=O)CC3)c2c1. The molecule has 2 fully saturated rings. The second-order valence-corrected chi connectivity index (χ2v) is 11.8. The van der Waals surface area contributed by atoms with Crippen molar-refractivity contribution in [3.05, 3.63) is 63.7 Å². The number of urea groups is 1. The smallest absolute Gasteiger partial charge is 0.327 e. The predicted molar refractivity (Wildman–Crippen MR) is 148 cm³/mol. The molecule has 4 heterocycles. The molecule has 2 aromatic heterocycles. The fourth-order valence-electron chi connectivity index (χ4n) is 6.03. The highest BCUT2D eigenvalue weighted by atomic mass is 19.2. The summed E-state index contributed by atoms with van der Waals surface area (Å²) in [7, 11) is 0. The molecule has 3 aromatic rings. The third-order valence-electron chi connectivity index (χ3n) is 7.98. The summed E-state index contributed by atoms with van der Waals surface area (Å²) in [6.07, 6.45) is 3.39. The fourth-order valence-corrected chi connectivity index (χ4v) is 6.03. The molecule has 2 aliphatic rings. The van der Waals surface area contributed by atoms with Crippen LogP contribution < -0.4 is 11.0 Å². The Morgan fingerprint density at radius 1 is 1.17 bits per heavy atom. The van der Waals surface area contributed by atoms with Crippen LogP contribution in [-0.4, -0.2) is 79.2 Å². The number of H-pyrrole nitrogens is 1.